The monoisotopic (exact) mass is 586 g/mol. The molecule has 4 aromatic rings. The second-order valence-electron chi connectivity index (χ2n) is 10.4. The Balaban J connectivity index is 1.26. The molecule has 3 N–H and O–H groups in total. The summed E-state index contributed by atoms with van der Waals surface area (Å²) in [7, 11) is -3.51. The van der Waals surface area contributed by atoms with E-state index in [9.17, 15) is 22.3 Å². The molecule has 1 aliphatic carbocycles. The first kappa shape index (κ1) is 27.2. The average molecular weight is 587 g/mol. The highest BCUT2D eigenvalue weighted by Crippen LogP contribution is 2.32. The van der Waals surface area contributed by atoms with Gasteiger partial charge in [-0.05, 0) is 44.7 Å². The van der Waals surface area contributed by atoms with Gasteiger partial charge in [-0.3, -0.25) is 0 Å². The summed E-state index contributed by atoms with van der Waals surface area (Å²) in [5.41, 5.74) is 4.43. The van der Waals surface area contributed by atoms with Crippen molar-refractivity contribution in [2.45, 2.75) is 50.0 Å². The molecule has 1 saturated heterocycles. The number of aliphatic hydroxyl groups is 1. The zero-order valence-corrected chi connectivity index (χ0v) is 22.8. The first-order valence-electron chi connectivity index (χ1n) is 13.0. The third-order valence-corrected chi connectivity index (χ3v) is 9.08. The van der Waals surface area contributed by atoms with E-state index < -0.39 is 27.4 Å². The second-order valence-corrected chi connectivity index (χ2v) is 12.5. The zero-order chi connectivity index (χ0) is 28.8. The number of anilines is 3. The fraction of sp³-hybridized carbons (Fsp3) is 0.400. The molecule has 41 heavy (non-hydrogen) atoms. The number of hydrazine groups is 1. The smallest absolute Gasteiger partial charge is 0.333 e. The van der Waals surface area contributed by atoms with Crippen molar-refractivity contribution in [3.8, 4) is 22.6 Å². The van der Waals surface area contributed by atoms with Crippen molar-refractivity contribution >= 4 is 27.3 Å². The lowest BCUT2D eigenvalue weighted by atomic mass is 9.95. The Kier molecular flexibility index (Phi) is 6.91. The lowest BCUT2D eigenvalue weighted by molar-refractivity contribution is 0.000754. The number of rotatable bonds is 9. The van der Waals surface area contributed by atoms with Crippen LogP contribution < -0.4 is 10.7 Å². The maximum Gasteiger partial charge on any atom is 0.333 e. The Bertz CT molecular complexity index is 1660. The maximum absolute atomic E-state index is 13.2. The van der Waals surface area contributed by atoms with Gasteiger partial charge in [0, 0.05) is 43.3 Å². The summed E-state index contributed by atoms with van der Waals surface area (Å²) in [5.74, 6) is 1.08. The Morgan fingerprint density at radius 1 is 1.12 bits per heavy atom. The molecular weight excluding hydrogens is 558 g/mol. The number of aromatic nitrogens is 7. The van der Waals surface area contributed by atoms with E-state index >= 15 is 0 Å². The first-order valence-corrected chi connectivity index (χ1v) is 14.5. The van der Waals surface area contributed by atoms with Gasteiger partial charge in [-0.1, -0.05) is 0 Å². The SMILES string of the molecule is CC1(O)CCN(Nc2cc(Nc3ccnc(-c4cnn(S(=O)(=O)C5CC5)c4)n3)ncc2-c2ccn(C(F)F)n2)CC1. The molecule has 0 radical (unpaired) electrons. The lowest BCUT2D eigenvalue weighted by Crippen LogP contribution is -2.45. The highest BCUT2D eigenvalue weighted by atomic mass is 32.2. The average Bonchev–Trinajstić information content (AvgIpc) is 3.48. The van der Waals surface area contributed by atoms with Gasteiger partial charge in [-0.25, -0.2) is 33.1 Å². The minimum atomic E-state index is -3.51. The summed E-state index contributed by atoms with van der Waals surface area (Å²) in [6, 6.07) is 4.84. The molecule has 5 heterocycles. The molecule has 216 valence electrons. The molecule has 6 rings (SSSR count). The van der Waals surface area contributed by atoms with Crippen LogP contribution in [0.2, 0.25) is 0 Å². The molecule has 16 heteroatoms. The van der Waals surface area contributed by atoms with Crippen LogP contribution in [-0.4, -0.2) is 76.4 Å². The van der Waals surface area contributed by atoms with Gasteiger partial charge in [-0.2, -0.15) is 23.1 Å². The molecular formula is C25H28F2N10O3S. The molecule has 0 atom stereocenters. The Labute approximate surface area is 234 Å². The number of hydrogen-bond donors (Lipinski definition) is 3. The Morgan fingerprint density at radius 2 is 1.90 bits per heavy atom. The van der Waals surface area contributed by atoms with Crippen LogP contribution in [0.4, 0.5) is 26.1 Å². The van der Waals surface area contributed by atoms with Crippen LogP contribution in [-0.2, 0) is 10.0 Å². The van der Waals surface area contributed by atoms with Gasteiger partial charge in [0.2, 0.25) is 0 Å². The van der Waals surface area contributed by atoms with Crippen molar-refractivity contribution in [2.75, 3.05) is 23.8 Å². The van der Waals surface area contributed by atoms with Crippen molar-refractivity contribution in [3.05, 3.63) is 49.2 Å². The van der Waals surface area contributed by atoms with Crippen molar-refractivity contribution in [3.63, 3.8) is 0 Å². The molecule has 1 aliphatic heterocycles. The van der Waals surface area contributed by atoms with Crippen LogP contribution in [0, 0.1) is 0 Å². The van der Waals surface area contributed by atoms with Crippen LogP contribution in [0.3, 0.4) is 0 Å². The fourth-order valence-electron chi connectivity index (χ4n) is 4.46. The summed E-state index contributed by atoms with van der Waals surface area (Å²) >= 11 is 0. The summed E-state index contributed by atoms with van der Waals surface area (Å²) in [4.78, 5) is 13.2. The third kappa shape index (κ3) is 5.89. The van der Waals surface area contributed by atoms with Crippen LogP contribution in [0.25, 0.3) is 22.6 Å². The summed E-state index contributed by atoms with van der Waals surface area (Å²) in [6.45, 7) is 0.172. The summed E-state index contributed by atoms with van der Waals surface area (Å²) in [6.07, 6.45) is 9.44. The van der Waals surface area contributed by atoms with E-state index in [1.54, 1.807) is 19.1 Å². The molecule has 2 fully saturated rings. The third-order valence-electron chi connectivity index (χ3n) is 7.04. The molecule has 4 aromatic heterocycles. The molecule has 1 saturated carbocycles. The predicted molar refractivity (Wildman–Crippen MR) is 146 cm³/mol. The standard InChI is InChI=1S/C25H28F2N10O3S/c1-25(38)6-10-35(11-7-25)33-20-12-22(29-14-18(20)19-5-9-36(34-19)24(26)27)31-21-4-8-28-23(32-21)16-13-30-37(15-16)41(39,40)17-2-3-17/h4-5,8-9,12-15,17,24,38H,2-3,6-7,10-11H2,1H3,(H2,28,29,31,32,33). The minimum Gasteiger partial charge on any atom is -0.390 e. The van der Waals surface area contributed by atoms with Crippen molar-refractivity contribution in [1.82, 2.24) is 38.9 Å². The number of hydrogen-bond acceptors (Lipinski definition) is 11. The van der Waals surface area contributed by atoms with E-state index in [4.69, 9.17) is 0 Å². The van der Waals surface area contributed by atoms with Gasteiger partial charge in [0.1, 0.15) is 11.6 Å². The summed E-state index contributed by atoms with van der Waals surface area (Å²) < 4.78 is 52.9. The van der Waals surface area contributed by atoms with E-state index in [1.807, 2.05) is 5.01 Å². The van der Waals surface area contributed by atoms with Gasteiger partial charge in [0.05, 0.1) is 40.2 Å². The quantitative estimate of drug-likeness (QED) is 0.265. The predicted octanol–water partition coefficient (Wildman–Crippen LogP) is 3.25. The van der Waals surface area contributed by atoms with Crippen LogP contribution in [0.1, 0.15) is 39.2 Å². The first-order chi connectivity index (χ1) is 19.6. The highest BCUT2D eigenvalue weighted by Gasteiger charge is 2.37. The summed E-state index contributed by atoms with van der Waals surface area (Å²) in [5, 5.41) is 23.0. The van der Waals surface area contributed by atoms with Crippen molar-refractivity contribution in [2.24, 2.45) is 0 Å². The van der Waals surface area contributed by atoms with Crippen LogP contribution in [0.15, 0.2) is 49.2 Å². The topological polar surface area (TPSA) is 156 Å². The number of halogens is 2. The van der Waals surface area contributed by atoms with E-state index in [2.05, 4.69) is 35.9 Å². The fourth-order valence-corrected chi connectivity index (χ4v) is 5.93. The van der Waals surface area contributed by atoms with Gasteiger partial charge in [0.15, 0.2) is 5.82 Å². The molecule has 0 bridgehead atoms. The van der Waals surface area contributed by atoms with Crippen molar-refractivity contribution in [1.29, 1.82) is 0 Å². The largest absolute Gasteiger partial charge is 0.390 e. The second kappa shape index (κ2) is 10.4. The molecule has 0 unspecified atom stereocenters. The molecule has 0 spiro atoms. The van der Waals surface area contributed by atoms with Gasteiger partial charge in [-0.15, -0.1) is 0 Å². The molecule has 13 nitrogen and oxygen atoms in total. The number of pyridine rings is 1. The van der Waals surface area contributed by atoms with E-state index in [-0.39, 0.29) is 5.82 Å². The number of nitrogens with one attached hydrogen (secondary N) is 2. The number of alkyl halides is 2. The lowest BCUT2D eigenvalue weighted by Gasteiger charge is -2.36. The molecule has 2 aliphatic rings. The Hall–Kier alpha value is -4.02. The number of piperidine rings is 1. The minimum absolute atomic E-state index is 0.278. The maximum atomic E-state index is 13.2. The van der Waals surface area contributed by atoms with Gasteiger partial charge < -0.3 is 15.8 Å². The van der Waals surface area contributed by atoms with Gasteiger partial charge in [0.25, 0.3) is 10.0 Å². The van der Waals surface area contributed by atoms with E-state index in [1.165, 1.54) is 37.1 Å². The van der Waals surface area contributed by atoms with E-state index in [0.717, 1.165) is 4.09 Å². The van der Waals surface area contributed by atoms with Crippen LogP contribution in [0.5, 0.6) is 0 Å². The highest BCUT2D eigenvalue weighted by molar-refractivity contribution is 7.90. The van der Waals surface area contributed by atoms with Gasteiger partial charge >= 0.3 is 6.55 Å². The Morgan fingerprint density at radius 3 is 2.61 bits per heavy atom. The van der Waals surface area contributed by atoms with Crippen LogP contribution >= 0.6 is 0 Å². The zero-order valence-electron chi connectivity index (χ0n) is 22.0. The number of nitrogens with zero attached hydrogens (tertiary/aromatic N) is 8. The van der Waals surface area contributed by atoms with E-state index in [0.29, 0.717) is 77.6 Å². The molecule has 0 aromatic carbocycles. The normalized spacial score (nSPS) is 17.6. The molecule has 0 amide bonds. The van der Waals surface area contributed by atoms with Crippen molar-refractivity contribution < 1.29 is 22.3 Å².